The van der Waals surface area contributed by atoms with Gasteiger partial charge in [0.2, 0.25) is 0 Å². The summed E-state index contributed by atoms with van der Waals surface area (Å²) in [6.07, 6.45) is 0. The van der Waals surface area contributed by atoms with Crippen LogP contribution in [0.1, 0.15) is 10.4 Å². The second kappa shape index (κ2) is 4.51. The van der Waals surface area contributed by atoms with E-state index in [1.54, 1.807) is 23.2 Å². The number of rotatable bonds is 3. The monoisotopic (exact) mass is 236 g/mol. The van der Waals surface area contributed by atoms with E-state index in [0.717, 1.165) is 9.10 Å². The van der Waals surface area contributed by atoms with Crippen LogP contribution in [0.4, 0.5) is 0 Å². The van der Waals surface area contributed by atoms with Gasteiger partial charge in [-0.15, -0.1) is 11.3 Å². The molecule has 0 bridgehead atoms. The zero-order valence-electron chi connectivity index (χ0n) is 7.71. The third-order valence-corrected chi connectivity index (χ3v) is 3.87. The summed E-state index contributed by atoms with van der Waals surface area (Å²) in [5.41, 5.74) is 0.360. The topological polar surface area (TPSA) is 37.3 Å². The minimum atomic E-state index is -0.869. The zero-order chi connectivity index (χ0) is 10.7. The van der Waals surface area contributed by atoms with Crippen molar-refractivity contribution in [2.45, 2.75) is 9.10 Å². The molecule has 0 saturated carbocycles. The van der Waals surface area contributed by atoms with E-state index in [9.17, 15) is 4.79 Å². The lowest BCUT2D eigenvalue weighted by Crippen LogP contribution is -1.91. The van der Waals surface area contributed by atoms with E-state index in [1.165, 1.54) is 11.3 Å². The Kier molecular flexibility index (Phi) is 3.08. The molecule has 0 amide bonds. The first-order valence-electron chi connectivity index (χ1n) is 4.30. The molecule has 0 atom stereocenters. The second-order valence-electron chi connectivity index (χ2n) is 2.87. The summed E-state index contributed by atoms with van der Waals surface area (Å²) in [4.78, 5) is 11.8. The van der Waals surface area contributed by atoms with E-state index >= 15 is 0 Å². The minimum absolute atomic E-state index is 0.360. The van der Waals surface area contributed by atoms with Crippen molar-refractivity contribution in [2.24, 2.45) is 0 Å². The molecule has 1 heterocycles. The molecule has 1 aromatic heterocycles. The number of aromatic carboxylic acids is 1. The summed E-state index contributed by atoms with van der Waals surface area (Å²) < 4.78 is 0.999. The first-order chi connectivity index (χ1) is 7.25. The lowest BCUT2D eigenvalue weighted by molar-refractivity contribution is 0.0697. The molecular weight excluding hydrogens is 228 g/mol. The van der Waals surface area contributed by atoms with Crippen molar-refractivity contribution in [3.63, 3.8) is 0 Å². The Morgan fingerprint density at radius 2 is 2.00 bits per heavy atom. The number of hydrogen-bond acceptors (Lipinski definition) is 3. The average Bonchev–Trinajstić information content (AvgIpc) is 2.68. The summed E-state index contributed by atoms with van der Waals surface area (Å²) in [5.74, 6) is -0.869. The number of hydrogen-bond donors (Lipinski definition) is 1. The minimum Gasteiger partial charge on any atom is -0.478 e. The van der Waals surface area contributed by atoms with Crippen LogP contribution in [0.5, 0.6) is 0 Å². The third-order valence-electron chi connectivity index (χ3n) is 1.78. The first kappa shape index (κ1) is 10.3. The smallest absolute Gasteiger partial charge is 0.336 e. The zero-order valence-corrected chi connectivity index (χ0v) is 9.35. The highest BCUT2D eigenvalue weighted by atomic mass is 32.2. The van der Waals surface area contributed by atoms with Crippen LogP contribution in [-0.2, 0) is 0 Å². The van der Waals surface area contributed by atoms with E-state index in [0.29, 0.717) is 5.56 Å². The summed E-state index contributed by atoms with van der Waals surface area (Å²) in [6, 6.07) is 11.6. The molecule has 0 aliphatic heterocycles. The van der Waals surface area contributed by atoms with Gasteiger partial charge in [-0.05, 0) is 18.2 Å². The van der Waals surface area contributed by atoms with Crippen LogP contribution in [0.2, 0.25) is 0 Å². The SMILES string of the molecule is O=C(O)c1csc(Sc2ccccc2)c1. The molecular formula is C11H8O2S2. The molecule has 2 nitrogen and oxygen atoms in total. The largest absolute Gasteiger partial charge is 0.478 e. The third kappa shape index (κ3) is 2.61. The number of carbonyl (C=O) groups is 1. The predicted octanol–water partition coefficient (Wildman–Crippen LogP) is 3.60. The summed E-state index contributed by atoms with van der Waals surface area (Å²) in [6.45, 7) is 0. The van der Waals surface area contributed by atoms with Crippen LogP contribution < -0.4 is 0 Å². The number of carboxylic acid groups (broad SMARTS) is 1. The molecule has 0 saturated heterocycles. The lowest BCUT2D eigenvalue weighted by atomic mass is 10.4. The van der Waals surface area contributed by atoms with Gasteiger partial charge in [0.15, 0.2) is 0 Å². The van der Waals surface area contributed by atoms with E-state index in [-0.39, 0.29) is 0 Å². The molecule has 2 rings (SSSR count). The Morgan fingerprint density at radius 3 is 2.60 bits per heavy atom. The predicted molar refractivity (Wildman–Crippen MR) is 61.8 cm³/mol. The summed E-state index contributed by atoms with van der Waals surface area (Å²) in [7, 11) is 0. The fourth-order valence-corrected chi connectivity index (χ4v) is 3.03. The Bertz CT molecular complexity index is 462. The number of benzene rings is 1. The fraction of sp³-hybridized carbons (Fsp3) is 0. The highest BCUT2D eigenvalue weighted by Gasteiger charge is 2.06. The van der Waals surface area contributed by atoms with Crippen LogP contribution >= 0.6 is 23.1 Å². The van der Waals surface area contributed by atoms with E-state index in [2.05, 4.69) is 0 Å². The van der Waals surface area contributed by atoms with E-state index in [4.69, 9.17) is 5.11 Å². The quantitative estimate of drug-likeness (QED) is 0.884. The van der Waals surface area contributed by atoms with Gasteiger partial charge < -0.3 is 5.11 Å². The van der Waals surface area contributed by atoms with Crippen LogP contribution in [0.3, 0.4) is 0 Å². The highest BCUT2D eigenvalue weighted by Crippen LogP contribution is 2.32. The normalized spacial score (nSPS) is 10.1. The molecule has 76 valence electrons. The van der Waals surface area contributed by atoms with Gasteiger partial charge in [-0.2, -0.15) is 0 Å². The van der Waals surface area contributed by atoms with Crippen molar-refractivity contribution in [1.29, 1.82) is 0 Å². The molecule has 4 heteroatoms. The van der Waals surface area contributed by atoms with Crippen molar-refractivity contribution < 1.29 is 9.90 Å². The molecule has 15 heavy (non-hydrogen) atoms. The van der Waals surface area contributed by atoms with Crippen LogP contribution in [0.25, 0.3) is 0 Å². The van der Waals surface area contributed by atoms with E-state index in [1.807, 2.05) is 30.3 Å². The molecule has 2 aromatic rings. The van der Waals surface area contributed by atoms with Crippen LogP contribution in [-0.4, -0.2) is 11.1 Å². The van der Waals surface area contributed by atoms with Crippen LogP contribution in [0.15, 0.2) is 50.9 Å². The van der Waals surface area contributed by atoms with Gasteiger partial charge in [0.05, 0.1) is 9.77 Å². The average molecular weight is 236 g/mol. The van der Waals surface area contributed by atoms with Crippen LogP contribution in [0, 0.1) is 0 Å². The maximum Gasteiger partial charge on any atom is 0.336 e. The van der Waals surface area contributed by atoms with Gasteiger partial charge in [0.1, 0.15) is 0 Å². The highest BCUT2D eigenvalue weighted by molar-refractivity contribution is 8.01. The number of carboxylic acids is 1. The van der Waals surface area contributed by atoms with E-state index < -0.39 is 5.97 Å². The Labute approximate surface area is 95.6 Å². The summed E-state index contributed by atoms with van der Waals surface area (Å²) >= 11 is 3.04. The van der Waals surface area contributed by atoms with Gasteiger partial charge in [0, 0.05) is 10.3 Å². The van der Waals surface area contributed by atoms with Gasteiger partial charge >= 0.3 is 5.97 Å². The Hall–Kier alpha value is -1.26. The van der Waals surface area contributed by atoms with Crippen molar-refractivity contribution in [3.05, 3.63) is 47.3 Å². The standard InChI is InChI=1S/C11H8O2S2/c12-11(13)8-6-10(14-7-8)15-9-4-2-1-3-5-9/h1-7H,(H,12,13). The molecule has 1 aromatic carbocycles. The summed E-state index contributed by atoms with van der Waals surface area (Å²) in [5, 5.41) is 10.4. The Morgan fingerprint density at radius 1 is 1.27 bits per heavy atom. The molecule has 1 N–H and O–H groups in total. The molecule has 0 radical (unpaired) electrons. The molecule has 0 unspecified atom stereocenters. The fourth-order valence-electron chi connectivity index (χ4n) is 1.09. The molecule has 0 aliphatic rings. The molecule has 0 spiro atoms. The first-order valence-corrected chi connectivity index (χ1v) is 6.00. The van der Waals surface area contributed by atoms with Gasteiger partial charge in [-0.25, -0.2) is 4.79 Å². The maximum atomic E-state index is 10.7. The van der Waals surface area contributed by atoms with Crippen molar-refractivity contribution >= 4 is 29.1 Å². The molecule has 0 fully saturated rings. The second-order valence-corrected chi connectivity index (χ2v) is 5.16. The number of thiophene rings is 1. The lowest BCUT2D eigenvalue weighted by Gasteiger charge is -1.95. The molecule has 0 aliphatic carbocycles. The van der Waals surface area contributed by atoms with Gasteiger partial charge in [0.25, 0.3) is 0 Å². The van der Waals surface area contributed by atoms with Gasteiger partial charge in [-0.1, -0.05) is 30.0 Å². The van der Waals surface area contributed by atoms with Crippen molar-refractivity contribution in [1.82, 2.24) is 0 Å². The van der Waals surface area contributed by atoms with Gasteiger partial charge in [-0.3, -0.25) is 0 Å². The van der Waals surface area contributed by atoms with Crippen molar-refractivity contribution in [3.8, 4) is 0 Å². The Balaban J connectivity index is 2.15. The van der Waals surface area contributed by atoms with Crippen molar-refractivity contribution in [2.75, 3.05) is 0 Å². The maximum absolute atomic E-state index is 10.7.